The Morgan fingerprint density at radius 1 is 1.09 bits per heavy atom. The Balaban J connectivity index is 1.30. The van der Waals surface area contributed by atoms with E-state index in [2.05, 4.69) is 30.2 Å². The highest BCUT2D eigenvalue weighted by molar-refractivity contribution is 5.89. The molecule has 9 nitrogen and oxygen atoms in total. The van der Waals surface area contributed by atoms with Crippen molar-refractivity contribution in [2.75, 3.05) is 17.7 Å². The number of hydrogen-bond acceptors (Lipinski definition) is 8. The number of alkyl halides is 5. The Labute approximate surface area is 247 Å². The fourth-order valence-corrected chi connectivity index (χ4v) is 5.44. The lowest BCUT2D eigenvalue weighted by Crippen LogP contribution is -2.25. The van der Waals surface area contributed by atoms with Gasteiger partial charge in [-0.1, -0.05) is 6.07 Å². The SMILES string of the molecule is COC(=O)c1ccc(N[C@H]2CCCc3c(C(F)(F)F)nn(-c4ccnc(N[C@@H](C)c5ccc6c(c5)OC(F)(F)O6)c4)c32)cc1. The van der Waals surface area contributed by atoms with Gasteiger partial charge in [0.1, 0.15) is 5.82 Å². The van der Waals surface area contributed by atoms with Gasteiger partial charge in [0, 0.05) is 23.5 Å². The molecule has 0 amide bonds. The average Bonchev–Trinajstić information content (AvgIpc) is 3.54. The Morgan fingerprint density at radius 2 is 1.84 bits per heavy atom. The van der Waals surface area contributed by atoms with E-state index in [1.165, 1.54) is 30.1 Å². The molecule has 0 bridgehead atoms. The number of hydrogen-bond donors (Lipinski definition) is 2. The van der Waals surface area contributed by atoms with Crippen LogP contribution in [0.1, 0.15) is 64.7 Å². The van der Waals surface area contributed by atoms with Crippen LogP contribution in [0.5, 0.6) is 11.5 Å². The topological polar surface area (TPSA) is 99.5 Å². The van der Waals surface area contributed by atoms with Crippen molar-refractivity contribution in [2.24, 2.45) is 0 Å². The molecule has 0 radical (unpaired) electrons. The Morgan fingerprint density at radius 3 is 2.57 bits per heavy atom. The van der Waals surface area contributed by atoms with E-state index in [9.17, 15) is 26.7 Å². The first-order valence-corrected chi connectivity index (χ1v) is 13.7. The number of halogens is 5. The van der Waals surface area contributed by atoms with Crippen molar-refractivity contribution < 1.29 is 41.0 Å². The van der Waals surface area contributed by atoms with Gasteiger partial charge < -0.3 is 24.8 Å². The monoisotopic (exact) mass is 615 g/mol. The van der Waals surface area contributed by atoms with Crippen molar-refractivity contribution in [1.82, 2.24) is 14.8 Å². The van der Waals surface area contributed by atoms with Crippen LogP contribution in [-0.2, 0) is 17.3 Å². The molecule has 0 spiro atoms. The predicted octanol–water partition coefficient (Wildman–Crippen LogP) is 7.06. The van der Waals surface area contributed by atoms with Gasteiger partial charge >= 0.3 is 18.4 Å². The Hall–Kier alpha value is -4.88. The summed E-state index contributed by atoms with van der Waals surface area (Å²) in [4.78, 5) is 16.1. The largest absolute Gasteiger partial charge is 0.586 e. The number of carbonyl (C=O) groups is 1. The average molecular weight is 616 g/mol. The molecular weight excluding hydrogens is 589 g/mol. The molecule has 230 valence electrons. The van der Waals surface area contributed by atoms with E-state index < -0.39 is 36.2 Å². The van der Waals surface area contributed by atoms with Gasteiger partial charge in [-0.15, -0.1) is 8.78 Å². The standard InChI is InChI=1S/C30H26F5N5O4/c1-16(18-8-11-23-24(14-18)44-30(34,35)43-23)37-25-15-20(12-13-36-25)40-26-21(27(39-40)29(31,32)33)4-3-5-22(26)38-19-9-6-17(7-10-19)28(41)42-2/h6-16,22,38H,3-5H2,1-2H3,(H,36,37)/t16-,22-/m0/s1. The van der Waals surface area contributed by atoms with Crippen LogP contribution in [0.4, 0.5) is 33.5 Å². The predicted molar refractivity (Wildman–Crippen MR) is 148 cm³/mol. The number of esters is 1. The first-order chi connectivity index (χ1) is 20.9. The second kappa shape index (κ2) is 11.0. The summed E-state index contributed by atoms with van der Waals surface area (Å²) in [5.41, 5.74) is 1.45. The van der Waals surface area contributed by atoms with Crippen LogP contribution in [0.25, 0.3) is 5.69 Å². The number of fused-ring (bicyclic) bond motifs is 2. The van der Waals surface area contributed by atoms with Crippen LogP contribution >= 0.6 is 0 Å². The molecule has 4 aromatic rings. The summed E-state index contributed by atoms with van der Waals surface area (Å²) in [6, 6.07) is 13.0. The lowest BCUT2D eigenvalue weighted by Gasteiger charge is -2.27. The van der Waals surface area contributed by atoms with E-state index in [1.807, 2.05) is 0 Å². The van der Waals surface area contributed by atoms with E-state index in [4.69, 9.17) is 4.74 Å². The molecule has 2 atom stereocenters. The minimum absolute atomic E-state index is 0.0856. The van der Waals surface area contributed by atoms with E-state index in [0.29, 0.717) is 46.9 Å². The second-order valence-electron chi connectivity index (χ2n) is 10.4. The van der Waals surface area contributed by atoms with Crippen LogP contribution in [0.2, 0.25) is 0 Å². The number of rotatable bonds is 7. The van der Waals surface area contributed by atoms with Crippen molar-refractivity contribution in [3.05, 3.63) is 88.9 Å². The van der Waals surface area contributed by atoms with Gasteiger partial charge in [0.2, 0.25) is 0 Å². The highest BCUT2D eigenvalue weighted by Gasteiger charge is 2.44. The summed E-state index contributed by atoms with van der Waals surface area (Å²) in [6.45, 7) is 1.77. The molecule has 2 N–H and O–H groups in total. The molecule has 1 aliphatic heterocycles. The third-order valence-electron chi connectivity index (χ3n) is 7.47. The van der Waals surface area contributed by atoms with Crippen LogP contribution in [0.15, 0.2) is 60.8 Å². The molecule has 2 aromatic heterocycles. The van der Waals surface area contributed by atoms with Gasteiger partial charge in [0.25, 0.3) is 0 Å². The van der Waals surface area contributed by atoms with E-state index >= 15 is 0 Å². The maximum atomic E-state index is 14.2. The number of nitrogens with zero attached hydrogens (tertiary/aromatic N) is 3. The van der Waals surface area contributed by atoms with Crippen molar-refractivity contribution in [2.45, 2.75) is 50.7 Å². The highest BCUT2D eigenvalue weighted by atomic mass is 19.4. The third kappa shape index (κ3) is 5.71. The number of anilines is 2. The molecule has 44 heavy (non-hydrogen) atoms. The fraction of sp³-hybridized carbons (Fsp3) is 0.300. The first kappa shape index (κ1) is 29.2. The fourth-order valence-electron chi connectivity index (χ4n) is 5.44. The number of ether oxygens (including phenoxy) is 3. The molecule has 0 saturated heterocycles. The number of pyridine rings is 1. The number of nitrogens with one attached hydrogen (secondary N) is 2. The number of benzene rings is 2. The van der Waals surface area contributed by atoms with Gasteiger partial charge in [0.05, 0.1) is 36.1 Å². The first-order valence-electron chi connectivity index (χ1n) is 13.7. The van der Waals surface area contributed by atoms with E-state index in [0.717, 1.165) is 0 Å². The van der Waals surface area contributed by atoms with Crippen LogP contribution in [0, 0.1) is 0 Å². The molecule has 0 fully saturated rings. The van der Waals surface area contributed by atoms with E-state index in [-0.39, 0.29) is 23.5 Å². The Kier molecular flexibility index (Phi) is 7.30. The third-order valence-corrected chi connectivity index (χ3v) is 7.47. The number of carbonyl (C=O) groups excluding carboxylic acids is 1. The van der Waals surface area contributed by atoms with Gasteiger partial charge in [0.15, 0.2) is 17.2 Å². The minimum Gasteiger partial charge on any atom is -0.465 e. The highest BCUT2D eigenvalue weighted by Crippen LogP contribution is 2.43. The van der Waals surface area contributed by atoms with Crippen molar-refractivity contribution >= 4 is 17.5 Å². The van der Waals surface area contributed by atoms with Crippen LogP contribution in [0.3, 0.4) is 0 Å². The van der Waals surface area contributed by atoms with Crippen molar-refractivity contribution in [3.63, 3.8) is 0 Å². The molecular formula is C30H26F5N5O4. The van der Waals surface area contributed by atoms with Gasteiger partial charge in [-0.3, -0.25) is 0 Å². The zero-order chi connectivity index (χ0) is 31.2. The number of aromatic nitrogens is 3. The van der Waals surface area contributed by atoms with E-state index in [1.54, 1.807) is 49.4 Å². The summed E-state index contributed by atoms with van der Waals surface area (Å²) >= 11 is 0. The zero-order valence-electron chi connectivity index (χ0n) is 23.4. The van der Waals surface area contributed by atoms with Crippen molar-refractivity contribution in [1.29, 1.82) is 0 Å². The summed E-state index contributed by atoms with van der Waals surface area (Å²) in [6.07, 6.45) is -5.70. The molecule has 0 unspecified atom stereocenters. The lowest BCUT2D eigenvalue weighted by molar-refractivity contribution is -0.286. The smallest absolute Gasteiger partial charge is 0.465 e. The molecule has 1 aliphatic carbocycles. The number of methoxy groups -OCH3 is 1. The molecule has 2 aromatic carbocycles. The summed E-state index contributed by atoms with van der Waals surface area (Å²) in [5.74, 6) is -0.364. The van der Waals surface area contributed by atoms with Gasteiger partial charge in [-0.2, -0.15) is 18.3 Å². The maximum absolute atomic E-state index is 14.2. The second-order valence-corrected chi connectivity index (χ2v) is 10.4. The summed E-state index contributed by atoms with van der Waals surface area (Å²) in [7, 11) is 1.28. The molecule has 3 heterocycles. The normalized spacial score (nSPS) is 17.5. The molecule has 2 aliphatic rings. The van der Waals surface area contributed by atoms with Gasteiger partial charge in [-0.25, -0.2) is 14.5 Å². The maximum Gasteiger partial charge on any atom is 0.586 e. The summed E-state index contributed by atoms with van der Waals surface area (Å²) in [5, 5.41) is 10.5. The van der Waals surface area contributed by atoms with Crippen LogP contribution in [-0.4, -0.2) is 34.1 Å². The summed E-state index contributed by atoms with van der Waals surface area (Å²) < 4.78 is 84.4. The van der Waals surface area contributed by atoms with Gasteiger partial charge in [-0.05, 0) is 74.2 Å². The lowest BCUT2D eigenvalue weighted by atomic mass is 9.91. The quantitative estimate of drug-likeness (QED) is 0.169. The van der Waals surface area contributed by atoms with Crippen molar-refractivity contribution in [3.8, 4) is 17.2 Å². The Bertz CT molecular complexity index is 1710. The zero-order valence-corrected chi connectivity index (χ0v) is 23.4. The minimum atomic E-state index is -4.67. The molecule has 14 heteroatoms. The molecule has 6 rings (SSSR count). The molecule has 0 saturated carbocycles. The van der Waals surface area contributed by atoms with Crippen LogP contribution < -0.4 is 20.1 Å².